The molecule has 1 aromatic rings. The summed E-state index contributed by atoms with van der Waals surface area (Å²) in [4.78, 5) is 4.12. The molecule has 1 rings (SSSR count). The van der Waals surface area contributed by atoms with Crippen LogP contribution in [0.25, 0.3) is 0 Å². The Bertz CT molecular complexity index is 423. The predicted octanol–water partition coefficient (Wildman–Crippen LogP) is 1.77. The van der Waals surface area contributed by atoms with Crippen LogP contribution in [0.4, 0.5) is 0 Å². The number of imidazole rings is 1. The second-order valence-corrected chi connectivity index (χ2v) is 6.50. The molecule has 0 aliphatic carbocycles. The van der Waals surface area contributed by atoms with Crippen molar-refractivity contribution in [3.63, 3.8) is 0 Å². The van der Waals surface area contributed by atoms with E-state index in [1.54, 1.807) is 6.20 Å². The monoisotopic (exact) mass is 280 g/mol. The quantitative estimate of drug-likeness (QED) is 0.848. The van der Waals surface area contributed by atoms with Gasteiger partial charge in [0.05, 0.1) is 0 Å². The Balaban J connectivity index is 3.08. The van der Waals surface area contributed by atoms with Crippen LogP contribution in [0.3, 0.4) is 0 Å². The number of halogens is 1. The van der Waals surface area contributed by atoms with Gasteiger partial charge in [0, 0.05) is 18.5 Å². The zero-order chi connectivity index (χ0) is 10.9. The number of aromatic nitrogens is 2. The molecule has 0 bridgehead atoms. The fourth-order valence-electron chi connectivity index (χ4n) is 1.19. The highest BCUT2D eigenvalue weighted by atomic mass is 79.9. The van der Waals surface area contributed by atoms with Crippen LogP contribution in [0.1, 0.15) is 25.7 Å². The second kappa shape index (κ2) is 4.02. The van der Waals surface area contributed by atoms with Crippen molar-refractivity contribution in [2.24, 2.45) is 0 Å². The zero-order valence-corrected chi connectivity index (χ0v) is 10.8. The summed E-state index contributed by atoms with van der Waals surface area (Å²) in [5.41, 5.74) is 0. The van der Waals surface area contributed by atoms with Crippen LogP contribution in [-0.4, -0.2) is 24.2 Å². The fourth-order valence-corrected chi connectivity index (χ4v) is 2.30. The first-order valence-electron chi connectivity index (χ1n) is 4.20. The molecule has 0 radical (unpaired) electrons. The first-order valence-corrected chi connectivity index (χ1v) is 7.06. The molecule has 0 saturated carbocycles. The molecule has 4 nitrogen and oxygen atoms in total. The topological polar surface area (TPSA) is 52.0 Å². The molecule has 0 fully saturated rings. The number of rotatable bonds is 3. The van der Waals surface area contributed by atoms with E-state index in [1.165, 1.54) is 6.26 Å². The molecule has 0 amide bonds. The highest BCUT2D eigenvalue weighted by molar-refractivity contribution is 9.10. The van der Waals surface area contributed by atoms with Crippen LogP contribution in [0.2, 0.25) is 0 Å². The lowest BCUT2D eigenvalue weighted by Crippen LogP contribution is -2.10. The van der Waals surface area contributed by atoms with Crippen molar-refractivity contribution in [1.29, 1.82) is 0 Å². The van der Waals surface area contributed by atoms with E-state index in [4.69, 9.17) is 0 Å². The minimum atomic E-state index is -3.02. The highest BCUT2D eigenvalue weighted by Crippen LogP contribution is 2.16. The molecule has 0 aromatic carbocycles. The van der Waals surface area contributed by atoms with E-state index in [0.29, 0.717) is 10.4 Å². The van der Waals surface area contributed by atoms with Crippen LogP contribution in [0.5, 0.6) is 0 Å². The average molecular weight is 281 g/mol. The van der Waals surface area contributed by atoms with Crippen molar-refractivity contribution in [2.45, 2.75) is 25.6 Å². The summed E-state index contributed by atoms with van der Waals surface area (Å²) in [6, 6.07) is 0.213. The van der Waals surface area contributed by atoms with Crippen LogP contribution in [-0.2, 0) is 15.6 Å². The van der Waals surface area contributed by atoms with Crippen LogP contribution >= 0.6 is 15.9 Å². The van der Waals surface area contributed by atoms with Crippen LogP contribution in [0.15, 0.2) is 10.8 Å². The molecular formula is C8H13BrN2O2S. The summed E-state index contributed by atoms with van der Waals surface area (Å²) >= 11 is 3.23. The number of hydrogen-bond acceptors (Lipinski definition) is 3. The smallest absolute Gasteiger partial charge is 0.154 e. The SMILES string of the molecule is CC(C)n1cc(Br)nc1CS(C)(=O)=O. The van der Waals surface area contributed by atoms with Crippen molar-refractivity contribution >= 4 is 25.8 Å². The Morgan fingerprint density at radius 2 is 2.14 bits per heavy atom. The van der Waals surface area contributed by atoms with E-state index in [0.717, 1.165) is 0 Å². The van der Waals surface area contributed by atoms with Crippen LogP contribution < -0.4 is 0 Å². The molecule has 0 aliphatic heterocycles. The standard InChI is InChI=1S/C8H13BrN2O2S/c1-6(2)11-4-7(9)10-8(11)5-14(3,12)13/h4,6H,5H2,1-3H3. The van der Waals surface area contributed by atoms with Gasteiger partial charge in [0.1, 0.15) is 16.2 Å². The lowest BCUT2D eigenvalue weighted by molar-refractivity contribution is 0.568. The van der Waals surface area contributed by atoms with Gasteiger partial charge in [-0.15, -0.1) is 0 Å². The van der Waals surface area contributed by atoms with Gasteiger partial charge in [0.25, 0.3) is 0 Å². The maximum Gasteiger partial charge on any atom is 0.154 e. The van der Waals surface area contributed by atoms with Crippen molar-refractivity contribution < 1.29 is 8.42 Å². The van der Waals surface area contributed by atoms with Gasteiger partial charge >= 0.3 is 0 Å². The van der Waals surface area contributed by atoms with E-state index in [2.05, 4.69) is 20.9 Å². The lowest BCUT2D eigenvalue weighted by atomic mass is 10.4. The summed E-state index contributed by atoms with van der Waals surface area (Å²) in [5.74, 6) is 0.561. The molecule has 0 unspecified atom stereocenters. The molecule has 6 heteroatoms. The van der Waals surface area contributed by atoms with E-state index in [1.807, 2.05) is 18.4 Å². The summed E-state index contributed by atoms with van der Waals surface area (Å²) in [7, 11) is -3.02. The van der Waals surface area contributed by atoms with E-state index >= 15 is 0 Å². The Hall–Kier alpha value is -0.360. The first-order chi connectivity index (χ1) is 6.29. The molecule has 1 aromatic heterocycles. The summed E-state index contributed by atoms with van der Waals surface area (Å²) in [6.07, 6.45) is 3.01. The van der Waals surface area contributed by atoms with Gasteiger partial charge in [-0.1, -0.05) is 0 Å². The summed E-state index contributed by atoms with van der Waals surface area (Å²) in [6.45, 7) is 3.97. The molecule has 1 heterocycles. The summed E-state index contributed by atoms with van der Waals surface area (Å²) in [5, 5.41) is 0. The molecular weight excluding hydrogens is 268 g/mol. The van der Waals surface area contributed by atoms with Gasteiger partial charge in [0.2, 0.25) is 0 Å². The summed E-state index contributed by atoms with van der Waals surface area (Å²) < 4.78 is 24.8. The van der Waals surface area contributed by atoms with Crippen molar-refractivity contribution in [3.05, 3.63) is 16.6 Å². The molecule has 80 valence electrons. The number of nitrogens with zero attached hydrogens (tertiary/aromatic N) is 2. The number of sulfone groups is 1. The third kappa shape index (κ3) is 3.09. The van der Waals surface area contributed by atoms with Crippen molar-refractivity contribution in [2.75, 3.05) is 6.26 Å². The normalized spacial score (nSPS) is 12.4. The average Bonchev–Trinajstić information content (AvgIpc) is 2.27. The van der Waals surface area contributed by atoms with Crippen molar-refractivity contribution in [3.8, 4) is 0 Å². The van der Waals surface area contributed by atoms with Gasteiger partial charge < -0.3 is 4.57 Å². The highest BCUT2D eigenvalue weighted by Gasteiger charge is 2.13. The molecule has 0 aliphatic rings. The minimum Gasteiger partial charge on any atom is -0.330 e. The van der Waals surface area contributed by atoms with E-state index in [-0.39, 0.29) is 11.8 Å². The van der Waals surface area contributed by atoms with Crippen LogP contribution in [0, 0.1) is 0 Å². The molecule has 14 heavy (non-hydrogen) atoms. The first kappa shape index (κ1) is 11.7. The van der Waals surface area contributed by atoms with Gasteiger partial charge in [-0.3, -0.25) is 0 Å². The predicted molar refractivity (Wildman–Crippen MR) is 58.9 cm³/mol. The van der Waals surface area contributed by atoms with Gasteiger partial charge in [-0.05, 0) is 29.8 Å². The maximum absolute atomic E-state index is 11.1. The third-order valence-electron chi connectivity index (χ3n) is 1.73. The Kier molecular flexibility index (Phi) is 3.36. The maximum atomic E-state index is 11.1. The van der Waals surface area contributed by atoms with Gasteiger partial charge in [-0.2, -0.15) is 0 Å². The Morgan fingerprint density at radius 1 is 1.57 bits per heavy atom. The molecule has 0 N–H and O–H groups in total. The second-order valence-electron chi connectivity index (χ2n) is 3.55. The van der Waals surface area contributed by atoms with Gasteiger partial charge in [0.15, 0.2) is 9.84 Å². The molecule has 0 spiro atoms. The van der Waals surface area contributed by atoms with E-state index < -0.39 is 9.84 Å². The number of hydrogen-bond donors (Lipinski definition) is 0. The minimum absolute atomic E-state index is 0.0171. The van der Waals surface area contributed by atoms with Gasteiger partial charge in [-0.25, -0.2) is 13.4 Å². The largest absolute Gasteiger partial charge is 0.330 e. The lowest BCUT2D eigenvalue weighted by Gasteiger charge is -2.09. The zero-order valence-electron chi connectivity index (χ0n) is 8.36. The Morgan fingerprint density at radius 3 is 2.57 bits per heavy atom. The van der Waals surface area contributed by atoms with Crippen molar-refractivity contribution in [1.82, 2.24) is 9.55 Å². The third-order valence-corrected chi connectivity index (χ3v) is 2.89. The molecule has 0 saturated heterocycles. The molecule has 0 atom stereocenters. The Labute approximate surface area is 92.4 Å². The van der Waals surface area contributed by atoms with E-state index in [9.17, 15) is 8.42 Å². The fraction of sp³-hybridized carbons (Fsp3) is 0.625.